The predicted molar refractivity (Wildman–Crippen MR) is 28.7 cm³/mol. The van der Waals surface area contributed by atoms with Gasteiger partial charge in [0.25, 0.3) is 0 Å². The van der Waals surface area contributed by atoms with Crippen LogP contribution in [-0.2, 0) is 0 Å². The van der Waals surface area contributed by atoms with Gasteiger partial charge >= 0.3 is 0 Å². The van der Waals surface area contributed by atoms with Crippen molar-refractivity contribution in [2.24, 2.45) is 0 Å². The monoisotopic (exact) mass is 171 g/mol. The van der Waals surface area contributed by atoms with E-state index in [0.717, 1.165) is 0 Å². The van der Waals surface area contributed by atoms with Gasteiger partial charge in [0.05, 0.1) is 0 Å². The average Bonchev–Trinajstić information content (AvgIpc) is 1.27. The number of halogens is 3. The zero-order valence-electron chi connectivity index (χ0n) is 3.70. The van der Waals surface area contributed by atoms with Gasteiger partial charge in [0.1, 0.15) is 0 Å². The number of hydrogen-bond acceptors (Lipinski definition) is 0. The topological polar surface area (TPSA) is 0 Å². The van der Waals surface area contributed by atoms with Crippen LogP contribution in [0.2, 0.25) is 0 Å². The van der Waals surface area contributed by atoms with E-state index in [1.807, 2.05) is 0 Å². The van der Waals surface area contributed by atoms with Gasteiger partial charge in [-0.25, -0.2) is 8.78 Å². The van der Waals surface area contributed by atoms with E-state index in [0.29, 0.717) is 0 Å². The molecule has 0 heterocycles. The highest BCUT2D eigenvalue weighted by Crippen LogP contribution is 2.09. The Labute approximate surface area is 50.0 Å². The molecule has 0 N–H and O–H groups in total. The Kier molecular flexibility index (Phi) is 3.52. The first kappa shape index (κ1) is 7.34. The lowest BCUT2D eigenvalue weighted by Gasteiger charge is -1.97. The molecule has 0 amide bonds. The van der Waals surface area contributed by atoms with Crippen LogP contribution in [0.25, 0.3) is 0 Å². The minimum atomic E-state index is -2.23. The minimum Gasteiger partial charge on any atom is -0.210 e. The second-order valence-corrected chi connectivity index (χ2v) is 2.52. The van der Waals surface area contributed by atoms with Crippen molar-refractivity contribution in [3.63, 3.8) is 0 Å². The molecule has 0 rings (SSSR count). The first-order valence-corrected chi connectivity index (χ1v) is 2.80. The van der Waals surface area contributed by atoms with Gasteiger partial charge in [0.2, 0.25) is 6.43 Å². The van der Waals surface area contributed by atoms with Crippen LogP contribution in [0.1, 0.15) is 6.42 Å². The van der Waals surface area contributed by atoms with Crippen molar-refractivity contribution in [3.8, 4) is 0 Å². The van der Waals surface area contributed by atoms with Gasteiger partial charge in [-0.1, -0.05) is 15.9 Å². The summed E-state index contributed by atoms with van der Waals surface area (Å²) in [7, 11) is 0. The fourth-order valence-electron chi connectivity index (χ4n) is 0.193. The van der Waals surface area contributed by atoms with Crippen LogP contribution in [-0.4, -0.2) is 11.3 Å². The van der Waals surface area contributed by atoms with E-state index < -0.39 is 6.43 Å². The fraction of sp³-hybridized carbons (Fsp3) is 0.750. The fourth-order valence-corrected chi connectivity index (χ4v) is 0.476. The van der Waals surface area contributed by atoms with Crippen molar-refractivity contribution in [3.05, 3.63) is 6.92 Å². The van der Waals surface area contributed by atoms with E-state index in [1.165, 1.54) is 0 Å². The van der Waals surface area contributed by atoms with Crippen LogP contribution in [0.3, 0.4) is 0 Å². The molecule has 0 nitrogen and oxygen atoms in total. The quantitative estimate of drug-likeness (QED) is 0.560. The first-order valence-electron chi connectivity index (χ1n) is 1.88. The smallest absolute Gasteiger partial charge is 0.210 e. The van der Waals surface area contributed by atoms with Gasteiger partial charge in [-0.05, 0) is 6.92 Å². The molecular weight excluding hydrogens is 166 g/mol. The highest BCUT2D eigenvalue weighted by molar-refractivity contribution is 9.09. The minimum absolute atomic E-state index is 0.167. The van der Waals surface area contributed by atoms with Crippen LogP contribution in [0.4, 0.5) is 8.78 Å². The molecule has 1 unspecified atom stereocenters. The Balaban J connectivity index is 2.95. The molecule has 0 aromatic carbocycles. The molecule has 0 fully saturated rings. The molecule has 0 saturated carbocycles. The Morgan fingerprint density at radius 2 is 2.00 bits per heavy atom. The second-order valence-electron chi connectivity index (χ2n) is 1.22. The van der Waals surface area contributed by atoms with Crippen LogP contribution in [0, 0.1) is 6.92 Å². The number of rotatable bonds is 2. The van der Waals surface area contributed by atoms with Crippen molar-refractivity contribution in [2.75, 3.05) is 0 Å². The third-order valence-corrected chi connectivity index (χ3v) is 0.808. The van der Waals surface area contributed by atoms with Crippen molar-refractivity contribution >= 4 is 15.9 Å². The maximum atomic E-state index is 11.2. The maximum Gasteiger partial charge on any atom is 0.239 e. The molecule has 0 saturated heterocycles. The van der Waals surface area contributed by atoms with Crippen LogP contribution < -0.4 is 0 Å². The second kappa shape index (κ2) is 3.36. The molecule has 7 heavy (non-hydrogen) atoms. The van der Waals surface area contributed by atoms with Gasteiger partial charge in [-0.3, -0.25) is 0 Å². The van der Waals surface area contributed by atoms with E-state index in [-0.39, 0.29) is 11.2 Å². The molecule has 0 aromatic rings. The molecule has 0 aliphatic rings. The normalized spacial score (nSPS) is 15.0. The van der Waals surface area contributed by atoms with Crippen LogP contribution >= 0.6 is 15.9 Å². The summed E-state index contributed by atoms with van der Waals surface area (Å²) in [6.07, 6.45) is -2.40. The Morgan fingerprint density at radius 3 is 2.00 bits per heavy atom. The zero-order chi connectivity index (χ0) is 5.86. The zero-order valence-corrected chi connectivity index (χ0v) is 5.29. The Bertz CT molecular complexity index is 39.0. The van der Waals surface area contributed by atoms with Crippen molar-refractivity contribution < 1.29 is 8.78 Å². The van der Waals surface area contributed by atoms with E-state index >= 15 is 0 Å². The molecular formula is C4H6BrF2. The summed E-state index contributed by atoms with van der Waals surface area (Å²) in [6.45, 7) is 3.32. The lowest BCUT2D eigenvalue weighted by molar-refractivity contribution is 0.141. The van der Waals surface area contributed by atoms with Crippen LogP contribution in [0.5, 0.6) is 0 Å². The third-order valence-electron chi connectivity index (χ3n) is 0.434. The number of alkyl halides is 3. The highest BCUT2D eigenvalue weighted by Gasteiger charge is 2.05. The molecule has 0 aliphatic heterocycles. The largest absolute Gasteiger partial charge is 0.239 e. The molecule has 1 radical (unpaired) electrons. The molecule has 0 aliphatic carbocycles. The highest BCUT2D eigenvalue weighted by atomic mass is 79.9. The van der Waals surface area contributed by atoms with Crippen molar-refractivity contribution in [1.82, 2.24) is 0 Å². The lowest BCUT2D eigenvalue weighted by Crippen LogP contribution is -1.98. The van der Waals surface area contributed by atoms with Gasteiger partial charge in [0.15, 0.2) is 0 Å². The molecule has 43 valence electrons. The Morgan fingerprint density at radius 1 is 1.57 bits per heavy atom. The summed E-state index contributed by atoms with van der Waals surface area (Å²) < 4.78 is 22.4. The summed E-state index contributed by atoms with van der Waals surface area (Å²) >= 11 is 2.88. The molecule has 0 bridgehead atoms. The van der Waals surface area contributed by atoms with E-state index in [2.05, 4.69) is 22.9 Å². The summed E-state index contributed by atoms with van der Waals surface area (Å²) in [4.78, 5) is -0.313. The van der Waals surface area contributed by atoms with Crippen molar-refractivity contribution in [2.45, 2.75) is 17.7 Å². The SMILES string of the molecule is [CH2]C(Br)CC(F)F. The summed E-state index contributed by atoms with van der Waals surface area (Å²) in [5.41, 5.74) is 0. The van der Waals surface area contributed by atoms with Crippen molar-refractivity contribution in [1.29, 1.82) is 0 Å². The maximum absolute atomic E-state index is 11.2. The molecule has 1 atom stereocenters. The van der Waals surface area contributed by atoms with Gasteiger partial charge in [0, 0.05) is 11.2 Å². The van der Waals surface area contributed by atoms with E-state index in [9.17, 15) is 8.78 Å². The predicted octanol–water partition coefficient (Wildman–Crippen LogP) is 2.24. The van der Waals surface area contributed by atoms with Gasteiger partial charge in [-0.15, -0.1) is 0 Å². The van der Waals surface area contributed by atoms with Gasteiger partial charge < -0.3 is 0 Å². The molecule has 0 aromatic heterocycles. The standard InChI is InChI=1S/C4H6BrF2/c1-3(5)2-4(6)7/h3-4H,1-2H2. The van der Waals surface area contributed by atoms with E-state index in [4.69, 9.17) is 0 Å². The lowest BCUT2D eigenvalue weighted by atomic mass is 10.4. The molecule has 3 heteroatoms. The van der Waals surface area contributed by atoms with E-state index in [1.54, 1.807) is 0 Å². The summed E-state index contributed by atoms with van der Waals surface area (Å²) in [6, 6.07) is 0. The summed E-state index contributed by atoms with van der Waals surface area (Å²) in [5, 5.41) is 0. The Hall–Kier alpha value is 0.340. The molecule has 0 spiro atoms. The van der Waals surface area contributed by atoms with Crippen LogP contribution in [0.15, 0.2) is 0 Å². The first-order chi connectivity index (χ1) is 3.13. The third kappa shape index (κ3) is 6.34. The summed E-state index contributed by atoms with van der Waals surface area (Å²) in [5.74, 6) is 0. The van der Waals surface area contributed by atoms with Gasteiger partial charge in [-0.2, -0.15) is 0 Å². The number of hydrogen-bond donors (Lipinski definition) is 0. The average molecular weight is 172 g/mol.